The number of rotatable bonds is 4. The Hall–Kier alpha value is -2.36. The van der Waals surface area contributed by atoms with E-state index in [9.17, 15) is 0 Å². The predicted molar refractivity (Wildman–Crippen MR) is 99.5 cm³/mol. The lowest BCUT2D eigenvalue weighted by Crippen LogP contribution is -2.29. The molecule has 2 nitrogen and oxygen atoms in total. The molecule has 0 unspecified atom stereocenters. The fourth-order valence-corrected chi connectivity index (χ4v) is 4.91. The summed E-state index contributed by atoms with van der Waals surface area (Å²) in [4.78, 5) is 8.82. The summed E-state index contributed by atoms with van der Waals surface area (Å²) in [6.07, 6.45) is 8.87. The maximum absolute atomic E-state index is 5.34. The highest BCUT2D eigenvalue weighted by atomic mass is 28.3. The van der Waals surface area contributed by atoms with Crippen molar-refractivity contribution in [3.63, 3.8) is 0 Å². The highest BCUT2D eigenvalue weighted by Gasteiger charge is 2.24. The quantitative estimate of drug-likeness (QED) is 0.611. The van der Waals surface area contributed by atoms with E-state index in [0.29, 0.717) is 0 Å². The van der Waals surface area contributed by atoms with E-state index in [0.717, 1.165) is 22.5 Å². The third-order valence-corrected chi connectivity index (χ3v) is 9.17. The summed E-state index contributed by atoms with van der Waals surface area (Å²) in [7, 11) is -1.41. The molecule has 0 N–H and O–H groups in total. The molecular weight excluding hydrogens is 296 g/mol. The third kappa shape index (κ3) is 4.09. The van der Waals surface area contributed by atoms with Gasteiger partial charge in [0, 0.05) is 23.5 Å². The first-order valence-corrected chi connectivity index (χ1v) is 10.7. The van der Waals surface area contributed by atoms with Crippen molar-refractivity contribution >= 4 is 8.07 Å². The van der Waals surface area contributed by atoms with Crippen molar-refractivity contribution in [2.45, 2.75) is 38.9 Å². The van der Waals surface area contributed by atoms with Gasteiger partial charge in [0.25, 0.3) is 0 Å². The maximum atomic E-state index is 5.34. The Morgan fingerprint density at radius 2 is 1.39 bits per heavy atom. The smallest absolute Gasteiger partial charge is 0.138 e. The van der Waals surface area contributed by atoms with Crippen LogP contribution in [0.5, 0.6) is 0 Å². The summed E-state index contributed by atoms with van der Waals surface area (Å²) in [5, 5.41) is 0. The lowest BCUT2D eigenvalue weighted by molar-refractivity contribution is 1.20. The zero-order valence-corrected chi connectivity index (χ0v) is 15.1. The van der Waals surface area contributed by atoms with E-state index in [2.05, 4.69) is 48.1 Å². The van der Waals surface area contributed by atoms with Crippen LogP contribution in [0.4, 0.5) is 0 Å². The Kier molecular flexibility index (Phi) is 5.74. The Labute approximate surface area is 140 Å². The van der Waals surface area contributed by atoms with Crippen molar-refractivity contribution in [2.24, 2.45) is 0 Å². The Morgan fingerprint density at radius 3 is 1.78 bits per heavy atom. The molecule has 0 aliphatic heterocycles. The van der Waals surface area contributed by atoms with Crippen LogP contribution in [-0.4, -0.2) is 18.0 Å². The first-order valence-electron chi connectivity index (χ1n) is 8.08. The van der Waals surface area contributed by atoms with Crippen LogP contribution in [0.3, 0.4) is 0 Å². The zero-order chi connectivity index (χ0) is 16.7. The number of hydrogen-bond donors (Lipinski definition) is 0. The molecule has 0 aliphatic rings. The van der Waals surface area contributed by atoms with E-state index in [4.69, 9.17) is 6.42 Å². The molecule has 3 heteroatoms. The van der Waals surface area contributed by atoms with Crippen molar-refractivity contribution in [1.82, 2.24) is 9.97 Å². The van der Waals surface area contributed by atoms with Gasteiger partial charge in [0.1, 0.15) is 8.07 Å². The van der Waals surface area contributed by atoms with Gasteiger partial charge < -0.3 is 0 Å². The highest BCUT2D eigenvalue weighted by Crippen LogP contribution is 2.19. The molecule has 0 aliphatic carbocycles. The lowest BCUT2D eigenvalue weighted by atomic mass is 10.2. The van der Waals surface area contributed by atoms with Gasteiger partial charge in [0.15, 0.2) is 0 Å². The largest absolute Gasteiger partial charge is 0.253 e. The van der Waals surface area contributed by atoms with Crippen LogP contribution in [0.1, 0.15) is 31.9 Å². The van der Waals surface area contributed by atoms with E-state index >= 15 is 0 Å². The molecule has 2 heterocycles. The van der Waals surface area contributed by atoms with Crippen molar-refractivity contribution in [2.75, 3.05) is 0 Å². The number of hydrogen-bond acceptors (Lipinski definition) is 2. The summed E-state index contributed by atoms with van der Waals surface area (Å²) >= 11 is 0. The van der Waals surface area contributed by atoms with Gasteiger partial charge in [0.05, 0.1) is 11.4 Å². The lowest BCUT2D eigenvalue weighted by Gasteiger charge is -2.19. The average molecular weight is 318 g/mol. The van der Waals surface area contributed by atoms with Gasteiger partial charge in [-0.05, 0) is 42.4 Å². The molecule has 23 heavy (non-hydrogen) atoms. The van der Waals surface area contributed by atoms with E-state index in [1.165, 1.54) is 18.1 Å². The van der Waals surface area contributed by atoms with Crippen molar-refractivity contribution in [1.29, 1.82) is 0 Å². The molecule has 0 aromatic carbocycles. The first-order chi connectivity index (χ1) is 11.2. The van der Waals surface area contributed by atoms with Crippen molar-refractivity contribution in [3.05, 3.63) is 47.8 Å². The molecule has 0 saturated heterocycles. The second-order valence-electron chi connectivity index (χ2n) is 5.60. The van der Waals surface area contributed by atoms with Crippen LogP contribution in [0.25, 0.3) is 11.4 Å². The van der Waals surface area contributed by atoms with Crippen LogP contribution in [0, 0.1) is 23.8 Å². The Bertz CT molecular complexity index is 731. The molecule has 116 valence electrons. The van der Waals surface area contributed by atoms with Gasteiger partial charge in [-0.2, -0.15) is 0 Å². The molecule has 0 radical (unpaired) electrons. The van der Waals surface area contributed by atoms with Crippen LogP contribution in [0.15, 0.2) is 36.7 Å². The molecule has 2 aromatic rings. The molecule has 0 bridgehead atoms. The monoisotopic (exact) mass is 318 g/mol. The van der Waals surface area contributed by atoms with Crippen LogP contribution in [-0.2, 0) is 0 Å². The maximum Gasteiger partial charge on any atom is 0.138 e. The second-order valence-corrected chi connectivity index (χ2v) is 10.5. The van der Waals surface area contributed by atoms with E-state index in [-0.39, 0.29) is 0 Å². The second kappa shape index (κ2) is 7.77. The number of pyridine rings is 2. The predicted octanol–water partition coefficient (Wildman–Crippen LogP) is 4.52. The Balaban J connectivity index is 2.21. The van der Waals surface area contributed by atoms with Gasteiger partial charge in [0.2, 0.25) is 0 Å². The van der Waals surface area contributed by atoms with Crippen molar-refractivity contribution < 1.29 is 0 Å². The van der Waals surface area contributed by atoms with Crippen LogP contribution in [0.2, 0.25) is 18.1 Å². The highest BCUT2D eigenvalue weighted by molar-refractivity contribution is 6.87. The van der Waals surface area contributed by atoms with Gasteiger partial charge in [-0.3, -0.25) is 9.97 Å². The average Bonchev–Trinajstić information content (AvgIpc) is 2.64. The van der Waals surface area contributed by atoms with Gasteiger partial charge in [-0.1, -0.05) is 32.6 Å². The van der Waals surface area contributed by atoms with E-state index in [1.807, 2.05) is 30.5 Å². The molecule has 2 rings (SSSR count). The number of aromatic nitrogens is 2. The van der Waals surface area contributed by atoms with Crippen LogP contribution >= 0.6 is 0 Å². The number of terminal acetylenes is 1. The third-order valence-electron chi connectivity index (χ3n) is 4.46. The SMILES string of the molecule is C#Cc1ccc(-c2ccc(C#C[Si](CC)(CC)CC)cn2)nc1. The Morgan fingerprint density at radius 1 is 0.870 bits per heavy atom. The van der Waals surface area contributed by atoms with E-state index in [1.54, 1.807) is 6.20 Å². The first kappa shape index (κ1) is 17.0. The molecule has 0 fully saturated rings. The summed E-state index contributed by atoms with van der Waals surface area (Å²) in [5.74, 6) is 5.90. The normalized spacial score (nSPS) is 10.5. The topological polar surface area (TPSA) is 25.8 Å². The van der Waals surface area contributed by atoms with Gasteiger partial charge in [-0.15, -0.1) is 12.0 Å². The minimum atomic E-state index is -1.41. The standard InChI is InChI=1S/C20H22N2Si/c1-5-17-9-11-19(21-15-17)20-12-10-18(16-22-20)13-14-23(6-2,7-3)8-4/h1,9-12,15-16H,6-8H2,2-4H3. The fourth-order valence-electron chi connectivity index (χ4n) is 2.47. The minimum absolute atomic E-state index is 0.774. The van der Waals surface area contributed by atoms with Crippen LogP contribution < -0.4 is 0 Å². The van der Waals surface area contributed by atoms with E-state index < -0.39 is 8.07 Å². The molecular formula is C20H22N2Si. The molecule has 0 amide bonds. The summed E-state index contributed by atoms with van der Waals surface area (Å²) in [5.41, 5.74) is 6.99. The molecule has 0 spiro atoms. The van der Waals surface area contributed by atoms with Crippen molar-refractivity contribution in [3.8, 4) is 35.2 Å². The minimum Gasteiger partial charge on any atom is -0.253 e. The van der Waals surface area contributed by atoms with Gasteiger partial charge in [-0.25, -0.2) is 0 Å². The number of nitrogens with zero attached hydrogens (tertiary/aromatic N) is 2. The molecule has 0 atom stereocenters. The summed E-state index contributed by atoms with van der Waals surface area (Å²) in [6, 6.07) is 11.4. The summed E-state index contributed by atoms with van der Waals surface area (Å²) < 4.78 is 0. The molecule has 0 saturated carbocycles. The summed E-state index contributed by atoms with van der Waals surface area (Å²) in [6.45, 7) is 6.79. The zero-order valence-electron chi connectivity index (χ0n) is 14.1. The van der Waals surface area contributed by atoms with Gasteiger partial charge >= 0.3 is 0 Å². The fraction of sp³-hybridized carbons (Fsp3) is 0.300. The molecule has 2 aromatic heterocycles.